The van der Waals surface area contributed by atoms with Crippen molar-refractivity contribution in [1.82, 2.24) is 4.98 Å². The van der Waals surface area contributed by atoms with Gasteiger partial charge in [0, 0.05) is 29.9 Å². The smallest absolute Gasteiger partial charge is 0.246 e. The van der Waals surface area contributed by atoms with Crippen LogP contribution in [0.15, 0.2) is 92.1 Å². The molecule has 37 heavy (non-hydrogen) atoms. The molecule has 8 nitrogen and oxygen atoms in total. The number of terminal acetylenes is 1. The van der Waals surface area contributed by atoms with Crippen LogP contribution >= 0.6 is 11.3 Å². The third-order valence-corrected chi connectivity index (χ3v) is 7.44. The molecule has 0 spiro atoms. The molecule has 10 heteroatoms. The fourth-order valence-corrected chi connectivity index (χ4v) is 4.97. The van der Waals surface area contributed by atoms with E-state index in [1.807, 2.05) is 30.2 Å². The Hall–Kier alpha value is -4.38. The number of hydrogen-bond donors (Lipinski definition) is 0. The lowest BCUT2D eigenvalue weighted by molar-refractivity contribution is 0.606. The number of thiazole rings is 1. The zero-order chi connectivity index (χ0) is 26.3. The lowest BCUT2D eigenvalue weighted by Crippen LogP contribution is -2.21. The van der Waals surface area contributed by atoms with Crippen molar-refractivity contribution in [1.29, 1.82) is 0 Å². The molecule has 4 aromatic rings. The minimum atomic E-state index is -3.81. The van der Waals surface area contributed by atoms with Crippen molar-refractivity contribution in [2.75, 3.05) is 18.0 Å². The Labute approximate surface area is 219 Å². The fraction of sp³-hybridized carbons (Fsp3) is 0.148. The Morgan fingerprint density at radius 1 is 0.865 bits per heavy atom. The van der Waals surface area contributed by atoms with Crippen molar-refractivity contribution in [2.24, 2.45) is 20.5 Å². The number of nitrogens with zero attached hydrogens (tertiary/aromatic N) is 6. The SMILES string of the molecule is C#CC#CS(=O)(=O)c1ccc2sc(N=Nc3ccc(N=Nc4ccc(N(CC)CC)cc4)cc3)nc2c1. The van der Waals surface area contributed by atoms with Crippen LogP contribution in [-0.2, 0) is 9.84 Å². The lowest BCUT2D eigenvalue weighted by atomic mass is 10.2. The molecule has 0 unspecified atom stereocenters. The highest BCUT2D eigenvalue weighted by atomic mass is 32.2. The molecule has 0 amide bonds. The molecule has 0 fully saturated rings. The van der Waals surface area contributed by atoms with Crippen molar-refractivity contribution < 1.29 is 8.42 Å². The number of benzene rings is 3. The predicted molar refractivity (Wildman–Crippen MR) is 148 cm³/mol. The monoisotopic (exact) mass is 526 g/mol. The number of sulfone groups is 1. The predicted octanol–water partition coefficient (Wildman–Crippen LogP) is 7.34. The van der Waals surface area contributed by atoms with Crippen LogP contribution in [0, 0.1) is 23.5 Å². The van der Waals surface area contributed by atoms with Crippen LogP contribution < -0.4 is 4.90 Å². The van der Waals surface area contributed by atoms with Crippen LogP contribution in [0.3, 0.4) is 0 Å². The summed E-state index contributed by atoms with van der Waals surface area (Å²) in [6.07, 6.45) is 5.02. The largest absolute Gasteiger partial charge is 0.372 e. The Bertz CT molecular complexity index is 1670. The third kappa shape index (κ3) is 6.44. The molecule has 0 saturated carbocycles. The van der Waals surface area contributed by atoms with Gasteiger partial charge in [-0.25, -0.2) is 13.4 Å². The molecule has 0 N–H and O–H groups in total. The molecule has 0 saturated heterocycles. The van der Waals surface area contributed by atoms with Gasteiger partial charge in [0.15, 0.2) is 0 Å². The topological polar surface area (TPSA) is 99.7 Å². The Morgan fingerprint density at radius 3 is 2.00 bits per heavy atom. The first-order valence-corrected chi connectivity index (χ1v) is 13.6. The highest BCUT2D eigenvalue weighted by Crippen LogP contribution is 2.31. The first-order valence-electron chi connectivity index (χ1n) is 11.3. The van der Waals surface area contributed by atoms with Gasteiger partial charge in [0.25, 0.3) is 0 Å². The minimum absolute atomic E-state index is 0.0288. The van der Waals surface area contributed by atoms with Gasteiger partial charge in [-0.05, 0) is 86.5 Å². The van der Waals surface area contributed by atoms with Crippen LogP contribution in [0.25, 0.3) is 10.2 Å². The molecule has 0 aliphatic rings. The normalized spacial score (nSPS) is 11.5. The van der Waals surface area contributed by atoms with Crippen LogP contribution in [-0.4, -0.2) is 26.5 Å². The van der Waals surface area contributed by atoms with E-state index < -0.39 is 9.84 Å². The second-order valence-corrected chi connectivity index (χ2v) is 10.3. The summed E-state index contributed by atoms with van der Waals surface area (Å²) in [5.74, 6) is 4.13. The summed E-state index contributed by atoms with van der Waals surface area (Å²) < 4.78 is 25.2. The van der Waals surface area contributed by atoms with Crippen LogP contribution in [0.2, 0.25) is 0 Å². The molecule has 0 aliphatic heterocycles. The Balaban J connectivity index is 1.43. The van der Waals surface area contributed by atoms with Crippen molar-refractivity contribution in [3.63, 3.8) is 0 Å². The van der Waals surface area contributed by atoms with E-state index in [4.69, 9.17) is 6.42 Å². The number of azo groups is 2. The first-order chi connectivity index (χ1) is 17.9. The molecule has 3 aromatic carbocycles. The van der Waals surface area contributed by atoms with Gasteiger partial charge >= 0.3 is 0 Å². The number of hydrogen-bond acceptors (Lipinski definition) is 9. The number of fused-ring (bicyclic) bond motifs is 1. The van der Waals surface area contributed by atoms with Crippen LogP contribution in [0.1, 0.15) is 13.8 Å². The summed E-state index contributed by atoms with van der Waals surface area (Å²) >= 11 is 1.30. The molecule has 4 rings (SSSR count). The molecular weight excluding hydrogens is 504 g/mol. The summed E-state index contributed by atoms with van der Waals surface area (Å²) in [6.45, 7) is 6.16. The zero-order valence-corrected chi connectivity index (χ0v) is 21.8. The molecular formula is C27H22N6O2S2. The first kappa shape index (κ1) is 25.7. The van der Waals surface area contributed by atoms with E-state index in [9.17, 15) is 8.42 Å². The molecule has 0 atom stereocenters. The summed E-state index contributed by atoms with van der Waals surface area (Å²) in [7, 11) is -3.81. The van der Waals surface area contributed by atoms with Crippen molar-refractivity contribution in [3.8, 4) is 23.5 Å². The molecule has 0 aliphatic carbocycles. The van der Waals surface area contributed by atoms with E-state index in [-0.39, 0.29) is 4.90 Å². The Kier molecular flexibility index (Phi) is 8.04. The van der Waals surface area contributed by atoms with Gasteiger partial charge in [0.1, 0.15) is 0 Å². The third-order valence-electron chi connectivity index (χ3n) is 5.28. The van der Waals surface area contributed by atoms with E-state index in [2.05, 4.69) is 55.4 Å². The van der Waals surface area contributed by atoms with Gasteiger partial charge in [-0.1, -0.05) is 11.3 Å². The van der Waals surface area contributed by atoms with E-state index in [1.165, 1.54) is 23.5 Å². The van der Waals surface area contributed by atoms with Crippen molar-refractivity contribution in [2.45, 2.75) is 18.7 Å². The van der Waals surface area contributed by atoms with Gasteiger partial charge < -0.3 is 4.90 Å². The van der Waals surface area contributed by atoms with Gasteiger partial charge in [-0.3, -0.25) is 0 Å². The minimum Gasteiger partial charge on any atom is -0.372 e. The van der Waals surface area contributed by atoms with Gasteiger partial charge in [0.2, 0.25) is 15.0 Å². The highest BCUT2D eigenvalue weighted by molar-refractivity contribution is 7.96. The second-order valence-electron chi connectivity index (χ2n) is 7.61. The summed E-state index contributed by atoms with van der Waals surface area (Å²) in [6, 6.07) is 19.7. The average molecular weight is 527 g/mol. The summed E-state index contributed by atoms with van der Waals surface area (Å²) in [5, 5.41) is 19.5. The average Bonchev–Trinajstić information content (AvgIpc) is 3.34. The summed E-state index contributed by atoms with van der Waals surface area (Å²) in [5.41, 5.74) is 3.73. The summed E-state index contributed by atoms with van der Waals surface area (Å²) in [4.78, 5) is 6.65. The molecule has 1 aromatic heterocycles. The number of anilines is 1. The van der Waals surface area contributed by atoms with Gasteiger partial charge in [-0.15, -0.1) is 16.7 Å². The van der Waals surface area contributed by atoms with E-state index in [0.29, 0.717) is 22.0 Å². The maximum atomic E-state index is 12.2. The zero-order valence-electron chi connectivity index (χ0n) is 20.2. The Morgan fingerprint density at radius 2 is 1.43 bits per heavy atom. The van der Waals surface area contributed by atoms with Crippen LogP contribution in [0.4, 0.5) is 27.9 Å². The molecule has 0 radical (unpaired) electrons. The van der Waals surface area contributed by atoms with E-state index in [1.54, 1.807) is 30.3 Å². The molecule has 1 heterocycles. The number of aromatic nitrogens is 1. The fourth-order valence-electron chi connectivity index (χ4n) is 3.38. The van der Waals surface area contributed by atoms with Crippen molar-refractivity contribution in [3.05, 3.63) is 66.7 Å². The maximum absolute atomic E-state index is 12.2. The number of rotatable bonds is 8. The standard InChI is InChI=1S/C27H22N6O2S2/c1-4-7-18-37(34,35)24-16-17-26-25(19-24)28-27(36-26)32-31-21-10-8-20(9-11-21)29-30-22-12-14-23(15-13-22)33(5-2)6-3/h1,8-17,19H,5-6H2,2-3H3. The van der Waals surface area contributed by atoms with Crippen LogP contribution in [0.5, 0.6) is 0 Å². The lowest BCUT2D eigenvalue weighted by Gasteiger charge is -2.20. The van der Waals surface area contributed by atoms with E-state index >= 15 is 0 Å². The maximum Gasteiger partial charge on any atom is 0.246 e. The van der Waals surface area contributed by atoms with Gasteiger partial charge in [-0.2, -0.15) is 10.2 Å². The molecule has 0 bridgehead atoms. The van der Waals surface area contributed by atoms with Crippen molar-refractivity contribution >= 4 is 59.3 Å². The second kappa shape index (κ2) is 11.6. The van der Waals surface area contributed by atoms with E-state index in [0.717, 1.165) is 29.2 Å². The van der Waals surface area contributed by atoms with Gasteiger partial charge in [0.05, 0.1) is 32.2 Å². The highest BCUT2D eigenvalue weighted by Gasteiger charge is 2.13. The quantitative estimate of drug-likeness (QED) is 0.136. The molecule has 184 valence electrons.